The Kier molecular flexibility index (Phi) is 4.74. The first-order valence-electron chi connectivity index (χ1n) is 6.08. The molecule has 0 radical (unpaired) electrons. The molecule has 0 saturated carbocycles. The summed E-state index contributed by atoms with van der Waals surface area (Å²) in [6, 6.07) is 11.9. The molecule has 2 rings (SSSR count). The molecule has 0 fully saturated rings. The van der Waals surface area contributed by atoms with E-state index in [-0.39, 0.29) is 5.75 Å². The number of nitrogens with two attached hydrogens (primary N) is 1. The first-order valence-corrected chi connectivity index (χ1v) is 8.52. The summed E-state index contributed by atoms with van der Waals surface area (Å²) in [7, 11) is -2.08. The van der Waals surface area contributed by atoms with Crippen LogP contribution in [0.3, 0.4) is 0 Å². The molecule has 2 aromatic carbocycles. The zero-order valence-electron chi connectivity index (χ0n) is 11.3. The van der Waals surface area contributed by atoms with Gasteiger partial charge in [0.1, 0.15) is 5.75 Å². The average molecular weight is 371 g/mol. The van der Waals surface area contributed by atoms with Crippen molar-refractivity contribution in [3.8, 4) is 5.75 Å². The largest absolute Gasteiger partial charge is 0.495 e. The van der Waals surface area contributed by atoms with Crippen molar-refractivity contribution in [3.05, 3.63) is 52.5 Å². The molecule has 0 spiro atoms. The Morgan fingerprint density at radius 1 is 1.24 bits per heavy atom. The maximum atomic E-state index is 12.2. The highest BCUT2D eigenvalue weighted by Gasteiger charge is 2.15. The zero-order chi connectivity index (χ0) is 15.5. The lowest BCUT2D eigenvalue weighted by molar-refractivity contribution is 0.417. The number of nitrogen functional groups attached to an aromatic ring is 1. The number of nitrogens with one attached hydrogen (secondary N) is 1. The molecule has 2 aromatic rings. The summed E-state index contributed by atoms with van der Waals surface area (Å²) in [5, 5.41) is 0. The summed E-state index contributed by atoms with van der Waals surface area (Å²) in [5.41, 5.74) is 7.19. The van der Waals surface area contributed by atoms with E-state index in [2.05, 4.69) is 20.7 Å². The molecule has 112 valence electrons. The summed E-state index contributed by atoms with van der Waals surface area (Å²) in [4.78, 5) is 0. The van der Waals surface area contributed by atoms with Gasteiger partial charge in [-0.2, -0.15) is 0 Å². The average Bonchev–Trinajstić information content (AvgIpc) is 2.37. The predicted molar refractivity (Wildman–Crippen MR) is 87.8 cm³/mol. The fourth-order valence-electron chi connectivity index (χ4n) is 1.87. The molecule has 5 nitrogen and oxygen atoms in total. The Morgan fingerprint density at radius 3 is 2.67 bits per heavy atom. The number of sulfonamides is 1. The second-order valence-electron chi connectivity index (χ2n) is 4.45. The van der Waals surface area contributed by atoms with E-state index in [1.165, 1.54) is 7.11 Å². The molecule has 0 aromatic heterocycles. The van der Waals surface area contributed by atoms with E-state index in [0.29, 0.717) is 22.7 Å². The molecular weight excluding hydrogens is 356 g/mol. The Hall–Kier alpha value is -1.73. The highest BCUT2D eigenvalue weighted by Crippen LogP contribution is 2.29. The van der Waals surface area contributed by atoms with Crippen molar-refractivity contribution < 1.29 is 13.2 Å². The molecule has 21 heavy (non-hydrogen) atoms. The molecule has 0 aliphatic carbocycles. The van der Waals surface area contributed by atoms with Gasteiger partial charge in [-0.3, -0.25) is 4.72 Å². The molecule has 0 saturated heterocycles. The fourth-order valence-corrected chi connectivity index (χ4v) is 3.41. The van der Waals surface area contributed by atoms with Gasteiger partial charge in [-0.25, -0.2) is 8.42 Å². The Bertz CT molecular complexity index is 748. The highest BCUT2D eigenvalue weighted by molar-refractivity contribution is 9.10. The molecule has 0 aliphatic rings. The van der Waals surface area contributed by atoms with Gasteiger partial charge in [0.05, 0.1) is 18.6 Å². The van der Waals surface area contributed by atoms with E-state index in [9.17, 15) is 8.42 Å². The number of hydrogen-bond donors (Lipinski definition) is 2. The summed E-state index contributed by atoms with van der Waals surface area (Å²) in [6.07, 6.45) is 0. The van der Waals surface area contributed by atoms with E-state index < -0.39 is 10.0 Å². The quantitative estimate of drug-likeness (QED) is 0.792. The number of halogens is 1. The summed E-state index contributed by atoms with van der Waals surface area (Å²) < 4.78 is 32.9. The van der Waals surface area contributed by atoms with Crippen LogP contribution in [0.2, 0.25) is 0 Å². The predicted octanol–water partition coefficient (Wildman–Crippen LogP) is 2.98. The fraction of sp³-hybridized carbons (Fsp3) is 0.143. The van der Waals surface area contributed by atoms with Crippen LogP contribution in [-0.4, -0.2) is 15.5 Å². The van der Waals surface area contributed by atoms with E-state index in [1.54, 1.807) is 42.5 Å². The van der Waals surface area contributed by atoms with E-state index in [4.69, 9.17) is 10.5 Å². The molecule has 0 unspecified atom stereocenters. The second kappa shape index (κ2) is 6.36. The minimum absolute atomic E-state index is 0.159. The van der Waals surface area contributed by atoms with Crippen molar-refractivity contribution in [3.63, 3.8) is 0 Å². The van der Waals surface area contributed by atoms with Crippen molar-refractivity contribution in [2.75, 3.05) is 17.6 Å². The van der Waals surface area contributed by atoms with Crippen LogP contribution in [0.5, 0.6) is 5.75 Å². The number of benzene rings is 2. The molecule has 3 N–H and O–H groups in total. The number of ether oxygens (including phenoxy) is 1. The van der Waals surface area contributed by atoms with Crippen LogP contribution in [0.4, 0.5) is 11.4 Å². The van der Waals surface area contributed by atoms with Crippen molar-refractivity contribution in [2.45, 2.75) is 5.75 Å². The second-order valence-corrected chi connectivity index (χ2v) is 7.09. The standard InChI is InChI=1S/C14H15BrN2O3S/c1-20-14-6-5-11(15)8-13(14)17-21(18,19)9-10-3-2-4-12(16)7-10/h2-8,17H,9,16H2,1H3. The van der Waals surface area contributed by atoms with E-state index in [0.717, 1.165) is 4.47 Å². The molecule has 0 aliphatic heterocycles. The van der Waals surface area contributed by atoms with Crippen LogP contribution < -0.4 is 15.2 Å². The molecule has 0 atom stereocenters. The number of rotatable bonds is 5. The van der Waals surface area contributed by atoms with Crippen LogP contribution in [0, 0.1) is 0 Å². The Balaban J connectivity index is 2.23. The first kappa shape index (κ1) is 15.7. The van der Waals surface area contributed by atoms with Gasteiger partial charge in [-0.15, -0.1) is 0 Å². The van der Waals surface area contributed by atoms with E-state index >= 15 is 0 Å². The topological polar surface area (TPSA) is 81.4 Å². The van der Waals surface area contributed by atoms with E-state index in [1.807, 2.05) is 0 Å². The molecule has 7 heteroatoms. The third-order valence-corrected chi connectivity index (χ3v) is 4.47. The van der Waals surface area contributed by atoms with Crippen molar-refractivity contribution in [1.29, 1.82) is 0 Å². The third kappa shape index (κ3) is 4.37. The Labute approximate surface area is 132 Å². The van der Waals surface area contributed by atoms with Gasteiger partial charge in [0.2, 0.25) is 10.0 Å². The van der Waals surface area contributed by atoms with Crippen LogP contribution in [0.15, 0.2) is 46.9 Å². The van der Waals surface area contributed by atoms with Crippen molar-refractivity contribution >= 4 is 37.3 Å². The highest BCUT2D eigenvalue weighted by atomic mass is 79.9. The van der Waals surface area contributed by atoms with Gasteiger partial charge < -0.3 is 10.5 Å². The molecular formula is C14H15BrN2O3S. The zero-order valence-corrected chi connectivity index (χ0v) is 13.7. The van der Waals surface area contributed by atoms with Gasteiger partial charge in [0, 0.05) is 10.2 Å². The molecule has 0 bridgehead atoms. The smallest absolute Gasteiger partial charge is 0.237 e. The van der Waals surface area contributed by atoms with Gasteiger partial charge in [0.25, 0.3) is 0 Å². The van der Waals surface area contributed by atoms with Crippen LogP contribution in [0.1, 0.15) is 5.56 Å². The minimum Gasteiger partial charge on any atom is -0.495 e. The van der Waals surface area contributed by atoms with Crippen LogP contribution >= 0.6 is 15.9 Å². The maximum Gasteiger partial charge on any atom is 0.237 e. The molecule has 0 heterocycles. The summed E-state index contributed by atoms with van der Waals surface area (Å²) >= 11 is 3.30. The number of methoxy groups -OCH3 is 1. The maximum absolute atomic E-state index is 12.2. The van der Waals surface area contributed by atoms with Crippen molar-refractivity contribution in [1.82, 2.24) is 0 Å². The lowest BCUT2D eigenvalue weighted by Gasteiger charge is -2.12. The van der Waals surface area contributed by atoms with Crippen molar-refractivity contribution in [2.24, 2.45) is 0 Å². The number of hydrogen-bond acceptors (Lipinski definition) is 4. The SMILES string of the molecule is COc1ccc(Br)cc1NS(=O)(=O)Cc1cccc(N)c1. The van der Waals surface area contributed by atoms with Gasteiger partial charge in [-0.1, -0.05) is 28.1 Å². The summed E-state index contributed by atoms with van der Waals surface area (Å²) in [5.74, 6) is 0.294. The van der Waals surface area contributed by atoms with Gasteiger partial charge in [-0.05, 0) is 35.9 Å². The Morgan fingerprint density at radius 2 is 2.00 bits per heavy atom. The number of anilines is 2. The minimum atomic E-state index is -3.56. The molecule has 0 amide bonds. The van der Waals surface area contributed by atoms with Gasteiger partial charge >= 0.3 is 0 Å². The van der Waals surface area contributed by atoms with Gasteiger partial charge in [0.15, 0.2) is 0 Å². The van der Waals surface area contributed by atoms with Crippen LogP contribution in [-0.2, 0) is 15.8 Å². The lowest BCUT2D eigenvalue weighted by atomic mass is 10.2. The third-order valence-electron chi connectivity index (χ3n) is 2.73. The first-order chi connectivity index (χ1) is 9.89. The summed E-state index contributed by atoms with van der Waals surface area (Å²) in [6.45, 7) is 0. The van der Waals surface area contributed by atoms with Crippen LogP contribution in [0.25, 0.3) is 0 Å². The monoisotopic (exact) mass is 370 g/mol. The lowest BCUT2D eigenvalue weighted by Crippen LogP contribution is -2.15. The normalized spacial score (nSPS) is 11.1.